The Hall–Kier alpha value is -3.23. The van der Waals surface area contributed by atoms with Gasteiger partial charge >= 0.3 is 5.97 Å². The van der Waals surface area contributed by atoms with Crippen molar-refractivity contribution in [2.24, 2.45) is 0 Å². The van der Waals surface area contributed by atoms with Gasteiger partial charge in [0.25, 0.3) is 5.91 Å². The van der Waals surface area contributed by atoms with Crippen molar-refractivity contribution in [3.05, 3.63) is 47.2 Å². The molecule has 0 spiro atoms. The van der Waals surface area contributed by atoms with Crippen LogP contribution >= 0.6 is 0 Å². The van der Waals surface area contributed by atoms with E-state index in [9.17, 15) is 9.59 Å². The van der Waals surface area contributed by atoms with Gasteiger partial charge < -0.3 is 9.64 Å². The number of aromatic nitrogens is 5. The molecule has 0 radical (unpaired) electrons. The minimum Gasteiger partial charge on any atom is -0.461 e. The molecule has 9 heteroatoms. The Kier molecular flexibility index (Phi) is 4.35. The van der Waals surface area contributed by atoms with E-state index in [1.54, 1.807) is 34.8 Å². The van der Waals surface area contributed by atoms with Crippen LogP contribution in [0.2, 0.25) is 0 Å². The lowest BCUT2D eigenvalue weighted by atomic mass is 10.0. The van der Waals surface area contributed by atoms with Gasteiger partial charge in [-0.15, -0.1) is 0 Å². The minimum atomic E-state index is -0.451. The van der Waals surface area contributed by atoms with Gasteiger partial charge in [-0.25, -0.2) is 14.3 Å². The molecule has 4 rings (SSSR count). The summed E-state index contributed by atoms with van der Waals surface area (Å²) in [5.74, 6) is -0.610. The molecule has 140 valence electrons. The molecule has 27 heavy (non-hydrogen) atoms. The van der Waals surface area contributed by atoms with Gasteiger partial charge in [0.15, 0.2) is 11.3 Å². The lowest BCUT2D eigenvalue weighted by Gasteiger charge is -2.27. The van der Waals surface area contributed by atoms with Gasteiger partial charge in [-0.05, 0) is 19.9 Å². The second kappa shape index (κ2) is 6.82. The highest BCUT2D eigenvalue weighted by Crippen LogP contribution is 2.25. The van der Waals surface area contributed by atoms with Gasteiger partial charge in [0.1, 0.15) is 5.56 Å². The van der Waals surface area contributed by atoms with E-state index in [0.29, 0.717) is 43.0 Å². The molecule has 0 bridgehead atoms. The highest BCUT2D eigenvalue weighted by Gasteiger charge is 2.31. The Bertz CT molecular complexity index is 1020. The average molecular weight is 368 g/mol. The van der Waals surface area contributed by atoms with Crippen LogP contribution in [0, 0.1) is 0 Å². The summed E-state index contributed by atoms with van der Waals surface area (Å²) >= 11 is 0. The third kappa shape index (κ3) is 2.84. The molecule has 0 saturated heterocycles. The van der Waals surface area contributed by atoms with Crippen molar-refractivity contribution in [2.75, 3.05) is 13.2 Å². The molecular formula is C18H20N6O3. The van der Waals surface area contributed by atoms with Crippen molar-refractivity contribution in [3.8, 4) is 0 Å². The summed E-state index contributed by atoms with van der Waals surface area (Å²) in [6.07, 6.45) is 5.54. The second-order valence-corrected chi connectivity index (χ2v) is 6.23. The maximum atomic E-state index is 13.1. The highest BCUT2D eigenvalue weighted by molar-refractivity contribution is 6.00. The molecule has 0 N–H and O–H groups in total. The van der Waals surface area contributed by atoms with E-state index in [2.05, 4.69) is 15.2 Å². The molecule has 0 unspecified atom stereocenters. The van der Waals surface area contributed by atoms with Crippen LogP contribution in [0.5, 0.6) is 0 Å². The Balaban J connectivity index is 1.67. The summed E-state index contributed by atoms with van der Waals surface area (Å²) < 4.78 is 8.53. The van der Waals surface area contributed by atoms with Crippen LogP contribution in [0.1, 0.15) is 46.0 Å². The van der Waals surface area contributed by atoms with Gasteiger partial charge in [-0.2, -0.15) is 10.2 Å². The van der Waals surface area contributed by atoms with Crippen molar-refractivity contribution in [2.45, 2.75) is 33.4 Å². The molecule has 4 heterocycles. The Morgan fingerprint density at radius 3 is 2.93 bits per heavy atom. The molecule has 0 aliphatic carbocycles. The lowest BCUT2D eigenvalue weighted by Crippen LogP contribution is -2.36. The van der Waals surface area contributed by atoms with Crippen molar-refractivity contribution < 1.29 is 14.3 Å². The number of carbonyl (C=O) groups excluding carboxylic acids is 2. The largest absolute Gasteiger partial charge is 0.461 e. The zero-order chi connectivity index (χ0) is 19.0. The SMILES string of the molecule is CCOC(=O)c1nn(CC)c2c1CN(C(=O)c1cnn3cccnc13)CC2. The number of ether oxygens (including phenoxy) is 1. The first-order valence-electron chi connectivity index (χ1n) is 8.97. The van der Waals surface area contributed by atoms with Crippen LogP contribution in [0.25, 0.3) is 5.65 Å². The Morgan fingerprint density at radius 1 is 1.30 bits per heavy atom. The molecule has 0 atom stereocenters. The zero-order valence-electron chi connectivity index (χ0n) is 15.3. The van der Waals surface area contributed by atoms with E-state index in [1.807, 2.05) is 11.6 Å². The van der Waals surface area contributed by atoms with E-state index >= 15 is 0 Å². The molecule has 1 aliphatic rings. The Morgan fingerprint density at radius 2 is 2.15 bits per heavy atom. The van der Waals surface area contributed by atoms with Crippen molar-refractivity contribution in [1.29, 1.82) is 0 Å². The van der Waals surface area contributed by atoms with Crippen LogP contribution in [-0.2, 0) is 24.2 Å². The third-order valence-electron chi connectivity index (χ3n) is 4.70. The minimum absolute atomic E-state index is 0.159. The molecule has 0 aromatic carbocycles. The van der Waals surface area contributed by atoms with Crippen LogP contribution in [0.15, 0.2) is 24.7 Å². The first kappa shape index (κ1) is 17.2. The second-order valence-electron chi connectivity index (χ2n) is 6.23. The smallest absolute Gasteiger partial charge is 0.359 e. The monoisotopic (exact) mass is 368 g/mol. The number of aryl methyl sites for hydroxylation is 1. The van der Waals surface area contributed by atoms with Crippen LogP contribution in [-0.4, -0.2) is 54.3 Å². The molecule has 1 amide bonds. The van der Waals surface area contributed by atoms with E-state index in [4.69, 9.17) is 4.74 Å². The fraction of sp³-hybridized carbons (Fsp3) is 0.389. The van der Waals surface area contributed by atoms with E-state index < -0.39 is 5.97 Å². The normalized spacial score (nSPS) is 13.6. The molecule has 9 nitrogen and oxygen atoms in total. The summed E-state index contributed by atoms with van der Waals surface area (Å²) in [4.78, 5) is 31.3. The first-order chi connectivity index (χ1) is 13.1. The van der Waals surface area contributed by atoms with Crippen LogP contribution in [0.4, 0.5) is 0 Å². The number of hydrogen-bond acceptors (Lipinski definition) is 6. The van der Waals surface area contributed by atoms with Crippen LogP contribution < -0.4 is 0 Å². The fourth-order valence-corrected chi connectivity index (χ4v) is 3.44. The molecule has 0 saturated carbocycles. The summed E-state index contributed by atoms with van der Waals surface area (Å²) in [5.41, 5.74) is 3.01. The van der Waals surface area contributed by atoms with Crippen molar-refractivity contribution in [3.63, 3.8) is 0 Å². The number of rotatable bonds is 4. The highest BCUT2D eigenvalue weighted by atomic mass is 16.5. The average Bonchev–Trinajstić information content (AvgIpc) is 3.28. The maximum absolute atomic E-state index is 13.1. The number of carbonyl (C=O) groups is 2. The van der Waals surface area contributed by atoms with Gasteiger partial charge in [0.2, 0.25) is 0 Å². The lowest BCUT2D eigenvalue weighted by molar-refractivity contribution is 0.0513. The van der Waals surface area contributed by atoms with Gasteiger partial charge in [0, 0.05) is 43.2 Å². The quantitative estimate of drug-likeness (QED) is 0.645. The van der Waals surface area contributed by atoms with Gasteiger partial charge in [0.05, 0.1) is 19.3 Å². The predicted molar refractivity (Wildman–Crippen MR) is 95.3 cm³/mol. The maximum Gasteiger partial charge on any atom is 0.359 e. The Labute approximate surface area is 155 Å². The topological polar surface area (TPSA) is 94.6 Å². The fourth-order valence-electron chi connectivity index (χ4n) is 3.44. The number of fused-ring (bicyclic) bond motifs is 2. The zero-order valence-corrected chi connectivity index (χ0v) is 15.3. The number of amides is 1. The summed E-state index contributed by atoms with van der Waals surface area (Å²) in [5, 5.41) is 8.59. The van der Waals surface area contributed by atoms with Crippen LogP contribution in [0.3, 0.4) is 0 Å². The number of hydrogen-bond donors (Lipinski definition) is 0. The number of esters is 1. The van der Waals surface area contributed by atoms with E-state index in [0.717, 1.165) is 11.3 Å². The molecule has 1 aliphatic heterocycles. The van der Waals surface area contributed by atoms with Crippen molar-refractivity contribution >= 4 is 17.5 Å². The van der Waals surface area contributed by atoms with E-state index in [-0.39, 0.29) is 12.5 Å². The van der Waals surface area contributed by atoms with E-state index in [1.165, 1.54) is 6.20 Å². The molecule has 3 aromatic heterocycles. The summed E-state index contributed by atoms with van der Waals surface area (Å²) in [7, 11) is 0. The summed E-state index contributed by atoms with van der Waals surface area (Å²) in [6.45, 7) is 5.53. The van der Waals surface area contributed by atoms with Crippen molar-refractivity contribution in [1.82, 2.24) is 29.3 Å². The standard InChI is InChI=1S/C18H20N6O3/c1-3-23-14-6-9-22(11-13(14)15(21-23)18(26)27-4-2)17(25)12-10-20-24-8-5-7-19-16(12)24/h5,7-8,10H,3-4,6,9,11H2,1-2H3. The summed E-state index contributed by atoms with van der Waals surface area (Å²) in [6, 6.07) is 1.76. The first-order valence-corrected chi connectivity index (χ1v) is 8.97. The van der Waals surface area contributed by atoms with Gasteiger partial charge in [-0.1, -0.05) is 0 Å². The molecular weight excluding hydrogens is 348 g/mol. The molecule has 0 fully saturated rings. The predicted octanol–water partition coefficient (Wildman–Crippen LogP) is 1.32. The number of nitrogens with zero attached hydrogens (tertiary/aromatic N) is 6. The third-order valence-corrected chi connectivity index (χ3v) is 4.70. The molecule has 3 aromatic rings. The van der Waals surface area contributed by atoms with Gasteiger partial charge in [-0.3, -0.25) is 9.48 Å².